The molecule has 0 aliphatic heterocycles. The van der Waals surface area contributed by atoms with E-state index in [1.807, 2.05) is 42.5 Å². The Bertz CT molecular complexity index is 775. The maximum atomic E-state index is 12.5. The molecule has 0 saturated heterocycles. The molecule has 2 aromatic carbocycles. The van der Waals surface area contributed by atoms with Gasteiger partial charge >= 0.3 is 0 Å². The summed E-state index contributed by atoms with van der Waals surface area (Å²) in [7, 11) is 3.21. The fraction of sp³-hybridized carbons (Fsp3) is 0.381. The van der Waals surface area contributed by atoms with E-state index in [1.165, 1.54) is 5.56 Å². The van der Waals surface area contributed by atoms with E-state index in [4.69, 9.17) is 21.1 Å². The summed E-state index contributed by atoms with van der Waals surface area (Å²) in [5.74, 6) is 1.35. The standard InChI is InChI=1S/C21H25ClN2O3/c1-26-19-10-5-16(11-20(19)27-2)12-23-21(25)14-24(18-8-9-18)13-15-3-6-17(22)7-4-15/h3-7,10-11,18H,8-9,12-14H2,1-2H3,(H,23,25). The summed E-state index contributed by atoms with van der Waals surface area (Å²) in [6.07, 6.45) is 2.30. The van der Waals surface area contributed by atoms with Gasteiger partial charge < -0.3 is 14.8 Å². The van der Waals surface area contributed by atoms with Gasteiger partial charge in [-0.3, -0.25) is 9.69 Å². The van der Waals surface area contributed by atoms with Crippen molar-refractivity contribution in [3.63, 3.8) is 0 Å². The molecule has 1 N–H and O–H groups in total. The van der Waals surface area contributed by atoms with Crippen molar-refractivity contribution in [1.29, 1.82) is 0 Å². The number of methoxy groups -OCH3 is 2. The Kier molecular flexibility index (Phi) is 6.58. The molecule has 1 amide bonds. The van der Waals surface area contributed by atoms with E-state index < -0.39 is 0 Å². The first-order valence-corrected chi connectivity index (χ1v) is 9.43. The van der Waals surface area contributed by atoms with Crippen LogP contribution in [0.25, 0.3) is 0 Å². The van der Waals surface area contributed by atoms with Gasteiger partial charge in [-0.05, 0) is 48.2 Å². The number of ether oxygens (including phenoxy) is 2. The zero-order valence-electron chi connectivity index (χ0n) is 15.7. The van der Waals surface area contributed by atoms with Gasteiger partial charge in [0, 0.05) is 24.2 Å². The average Bonchev–Trinajstić information content (AvgIpc) is 3.52. The van der Waals surface area contributed by atoms with Gasteiger partial charge in [0.1, 0.15) is 0 Å². The lowest BCUT2D eigenvalue weighted by atomic mass is 10.2. The van der Waals surface area contributed by atoms with Crippen molar-refractivity contribution >= 4 is 17.5 Å². The van der Waals surface area contributed by atoms with Gasteiger partial charge in [-0.1, -0.05) is 29.8 Å². The van der Waals surface area contributed by atoms with E-state index in [-0.39, 0.29) is 5.91 Å². The van der Waals surface area contributed by atoms with Crippen molar-refractivity contribution in [2.45, 2.75) is 32.0 Å². The summed E-state index contributed by atoms with van der Waals surface area (Å²) in [5, 5.41) is 3.72. The number of hydrogen-bond donors (Lipinski definition) is 1. The third-order valence-corrected chi connectivity index (χ3v) is 4.90. The predicted octanol–water partition coefficient (Wildman–Crippen LogP) is 3.64. The molecule has 1 aliphatic rings. The van der Waals surface area contributed by atoms with Gasteiger partial charge in [0.15, 0.2) is 11.5 Å². The summed E-state index contributed by atoms with van der Waals surface area (Å²) in [6, 6.07) is 13.9. The summed E-state index contributed by atoms with van der Waals surface area (Å²) in [6.45, 7) is 1.60. The molecule has 0 bridgehead atoms. The van der Waals surface area contributed by atoms with Crippen molar-refractivity contribution < 1.29 is 14.3 Å². The first-order valence-electron chi connectivity index (χ1n) is 9.05. The molecule has 1 fully saturated rings. The summed E-state index contributed by atoms with van der Waals surface area (Å²) < 4.78 is 10.5. The molecule has 6 heteroatoms. The molecule has 0 radical (unpaired) electrons. The SMILES string of the molecule is COc1ccc(CNC(=O)CN(Cc2ccc(Cl)cc2)C2CC2)cc1OC. The monoisotopic (exact) mass is 388 g/mol. The summed E-state index contributed by atoms with van der Waals surface area (Å²) >= 11 is 5.95. The van der Waals surface area contributed by atoms with Crippen LogP contribution in [-0.2, 0) is 17.9 Å². The molecule has 0 spiro atoms. The Morgan fingerprint density at radius 2 is 1.74 bits per heavy atom. The Balaban J connectivity index is 1.54. The first-order chi connectivity index (χ1) is 13.1. The second-order valence-corrected chi connectivity index (χ2v) is 7.17. The number of benzene rings is 2. The van der Waals surface area contributed by atoms with Crippen molar-refractivity contribution in [2.24, 2.45) is 0 Å². The topological polar surface area (TPSA) is 50.8 Å². The molecule has 2 aromatic rings. The van der Waals surface area contributed by atoms with E-state index in [0.717, 1.165) is 30.0 Å². The predicted molar refractivity (Wildman–Crippen MR) is 106 cm³/mol. The number of hydrogen-bond acceptors (Lipinski definition) is 4. The number of carbonyl (C=O) groups is 1. The normalized spacial score (nSPS) is 13.5. The molecule has 144 valence electrons. The van der Waals surface area contributed by atoms with Gasteiger partial charge in [0.2, 0.25) is 5.91 Å². The molecule has 5 nitrogen and oxygen atoms in total. The molecular weight excluding hydrogens is 364 g/mol. The van der Waals surface area contributed by atoms with Crippen LogP contribution in [0, 0.1) is 0 Å². The summed E-state index contributed by atoms with van der Waals surface area (Å²) in [5.41, 5.74) is 2.13. The quantitative estimate of drug-likeness (QED) is 0.712. The van der Waals surface area contributed by atoms with E-state index in [2.05, 4.69) is 10.2 Å². The molecule has 0 heterocycles. The van der Waals surface area contributed by atoms with Gasteiger partial charge in [-0.2, -0.15) is 0 Å². The number of carbonyl (C=O) groups excluding carboxylic acids is 1. The van der Waals surface area contributed by atoms with Crippen molar-refractivity contribution in [3.05, 3.63) is 58.6 Å². The van der Waals surface area contributed by atoms with Crippen LogP contribution >= 0.6 is 11.6 Å². The lowest BCUT2D eigenvalue weighted by Gasteiger charge is -2.21. The first kappa shape index (κ1) is 19.5. The smallest absolute Gasteiger partial charge is 0.234 e. The van der Waals surface area contributed by atoms with Crippen LogP contribution in [0.2, 0.25) is 5.02 Å². The van der Waals surface area contributed by atoms with Gasteiger partial charge in [0.25, 0.3) is 0 Å². The van der Waals surface area contributed by atoms with Crippen LogP contribution in [0.1, 0.15) is 24.0 Å². The Hall–Kier alpha value is -2.24. The molecule has 0 atom stereocenters. The lowest BCUT2D eigenvalue weighted by Crippen LogP contribution is -2.37. The number of amides is 1. The van der Waals surface area contributed by atoms with Crippen LogP contribution in [0.15, 0.2) is 42.5 Å². The van der Waals surface area contributed by atoms with Crippen molar-refractivity contribution in [3.8, 4) is 11.5 Å². The second kappa shape index (κ2) is 9.11. The second-order valence-electron chi connectivity index (χ2n) is 6.73. The van der Waals surface area contributed by atoms with Crippen LogP contribution in [0.5, 0.6) is 11.5 Å². The van der Waals surface area contributed by atoms with Crippen molar-refractivity contribution in [2.75, 3.05) is 20.8 Å². The summed E-state index contributed by atoms with van der Waals surface area (Å²) in [4.78, 5) is 14.7. The minimum Gasteiger partial charge on any atom is -0.493 e. The van der Waals surface area contributed by atoms with Gasteiger partial charge in [-0.25, -0.2) is 0 Å². The highest BCUT2D eigenvalue weighted by Gasteiger charge is 2.30. The molecule has 27 heavy (non-hydrogen) atoms. The average molecular weight is 389 g/mol. The number of nitrogens with one attached hydrogen (secondary N) is 1. The van der Waals surface area contributed by atoms with E-state index in [0.29, 0.717) is 30.6 Å². The number of halogens is 1. The fourth-order valence-electron chi connectivity index (χ4n) is 3.01. The molecule has 0 unspecified atom stereocenters. The maximum Gasteiger partial charge on any atom is 0.234 e. The van der Waals surface area contributed by atoms with Crippen molar-refractivity contribution in [1.82, 2.24) is 10.2 Å². The maximum absolute atomic E-state index is 12.5. The lowest BCUT2D eigenvalue weighted by molar-refractivity contribution is -0.122. The highest BCUT2D eigenvalue weighted by atomic mass is 35.5. The Morgan fingerprint density at radius 1 is 1.07 bits per heavy atom. The zero-order chi connectivity index (χ0) is 19.2. The van der Waals surface area contributed by atoms with E-state index in [9.17, 15) is 4.79 Å². The van der Waals surface area contributed by atoms with Crippen LogP contribution < -0.4 is 14.8 Å². The molecule has 1 saturated carbocycles. The number of rotatable bonds is 9. The minimum absolute atomic E-state index is 0.0191. The third-order valence-electron chi connectivity index (χ3n) is 4.65. The minimum atomic E-state index is 0.0191. The zero-order valence-corrected chi connectivity index (χ0v) is 16.5. The van der Waals surface area contributed by atoms with Gasteiger partial charge in [-0.15, -0.1) is 0 Å². The number of nitrogens with zero attached hydrogens (tertiary/aromatic N) is 1. The third kappa shape index (κ3) is 5.62. The van der Waals surface area contributed by atoms with E-state index >= 15 is 0 Å². The molecule has 3 rings (SSSR count). The highest BCUT2D eigenvalue weighted by molar-refractivity contribution is 6.30. The molecule has 1 aliphatic carbocycles. The largest absolute Gasteiger partial charge is 0.493 e. The van der Waals surface area contributed by atoms with Crippen LogP contribution in [-0.4, -0.2) is 37.6 Å². The molecular formula is C21H25ClN2O3. The Labute approximate surface area is 165 Å². The fourth-order valence-corrected chi connectivity index (χ4v) is 3.14. The van der Waals surface area contributed by atoms with Crippen LogP contribution in [0.3, 0.4) is 0 Å². The Morgan fingerprint density at radius 3 is 2.37 bits per heavy atom. The van der Waals surface area contributed by atoms with E-state index in [1.54, 1.807) is 14.2 Å². The van der Waals surface area contributed by atoms with Gasteiger partial charge in [0.05, 0.1) is 20.8 Å². The highest BCUT2D eigenvalue weighted by Crippen LogP contribution is 2.29. The molecule has 0 aromatic heterocycles. The van der Waals surface area contributed by atoms with Crippen LogP contribution in [0.4, 0.5) is 0 Å².